The summed E-state index contributed by atoms with van der Waals surface area (Å²) in [5.41, 5.74) is 3.72. The van der Waals surface area contributed by atoms with Crippen molar-refractivity contribution in [3.8, 4) is 17.2 Å². The Bertz CT molecular complexity index is 1540. The van der Waals surface area contributed by atoms with Crippen LogP contribution < -0.4 is 20.1 Å². The SMILES string of the molecule is COc1ccc(OC(=O)N2CCc3c(n(N)c4ccc(Cl)cc34)C2c2ccc(OCCC3CCCN3C)cc2)cc1. The predicted octanol–water partition coefficient (Wildman–Crippen LogP) is 6.03. The normalized spacial score (nSPS) is 18.9. The van der Waals surface area contributed by atoms with E-state index in [0.717, 1.165) is 46.4 Å². The van der Waals surface area contributed by atoms with E-state index in [4.69, 9.17) is 31.7 Å². The molecule has 4 aromatic rings. The van der Waals surface area contributed by atoms with E-state index in [1.54, 1.807) is 41.0 Å². The van der Waals surface area contributed by atoms with Crippen LogP contribution >= 0.6 is 11.6 Å². The van der Waals surface area contributed by atoms with Crippen LogP contribution in [0.4, 0.5) is 4.79 Å². The fraction of sp³-hybridized carbons (Fsp3) is 0.344. The minimum Gasteiger partial charge on any atom is -0.497 e. The van der Waals surface area contributed by atoms with Gasteiger partial charge in [-0.3, -0.25) is 9.58 Å². The lowest BCUT2D eigenvalue weighted by Crippen LogP contribution is -2.43. The average molecular weight is 575 g/mol. The predicted molar refractivity (Wildman–Crippen MR) is 161 cm³/mol. The summed E-state index contributed by atoms with van der Waals surface area (Å²) in [4.78, 5) is 17.8. The highest BCUT2D eigenvalue weighted by Gasteiger charge is 2.37. The van der Waals surface area contributed by atoms with Crippen LogP contribution in [0.2, 0.25) is 5.02 Å². The third-order valence-corrected chi connectivity index (χ3v) is 8.61. The minimum atomic E-state index is -0.457. The molecule has 1 saturated heterocycles. The lowest BCUT2D eigenvalue weighted by atomic mass is 9.92. The third-order valence-electron chi connectivity index (χ3n) is 8.37. The zero-order valence-corrected chi connectivity index (χ0v) is 24.1. The number of aromatic nitrogens is 1. The van der Waals surface area contributed by atoms with Crippen molar-refractivity contribution in [2.75, 3.05) is 39.7 Å². The third kappa shape index (κ3) is 5.42. The van der Waals surface area contributed by atoms with Crippen molar-refractivity contribution in [2.24, 2.45) is 0 Å². The van der Waals surface area contributed by atoms with Gasteiger partial charge in [0.25, 0.3) is 0 Å². The molecule has 0 bridgehead atoms. The maximum atomic E-state index is 13.6. The Morgan fingerprint density at radius 2 is 1.73 bits per heavy atom. The van der Waals surface area contributed by atoms with Gasteiger partial charge in [0.1, 0.15) is 23.3 Å². The second-order valence-electron chi connectivity index (χ2n) is 10.8. The molecule has 3 aromatic carbocycles. The Hall–Kier alpha value is -3.88. The molecule has 214 valence electrons. The number of benzene rings is 3. The number of hydrogen-bond donors (Lipinski definition) is 1. The Kier molecular flexibility index (Phi) is 7.69. The highest BCUT2D eigenvalue weighted by Crippen LogP contribution is 2.41. The molecule has 0 saturated carbocycles. The van der Waals surface area contributed by atoms with Gasteiger partial charge in [0.15, 0.2) is 0 Å². The van der Waals surface area contributed by atoms with Gasteiger partial charge in [-0.15, -0.1) is 0 Å². The fourth-order valence-corrected chi connectivity index (χ4v) is 6.35. The molecule has 9 heteroatoms. The number of likely N-dealkylation sites (tertiary alicyclic amines) is 1. The molecule has 2 unspecified atom stereocenters. The van der Waals surface area contributed by atoms with Crippen LogP contribution in [0.15, 0.2) is 66.7 Å². The van der Waals surface area contributed by atoms with Gasteiger partial charge in [-0.05, 0) is 105 Å². The highest BCUT2D eigenvalue weighted by atomic mass is 35.5. The quantitative estimate of drug-likeness (QED) is 0.272. The first kappa shape index (κ1) is 27.3. The van der Waals surface area contributed by atoms with E-state index in [-0.39, 0.29) is 0 Å². The number of fused-ring (bicyclic) bond motifs is 3. The molecular formula is C32H35ClN4O4. The fourth-order valence-electron chi connectivity index (χ4n) is 6.18. The van der Waals surface area contributed by atoms with Gasteiger partial charge in [-0.2, -0.15) is 0 Å². The molecule has 1 aromatic heterocycles. The van der Waals surface area contributed by atoms with Gasteiger partial charge >= 0.3 is 6.09 Å². The van der Waals surface area contributed by atoms with Crippen molar-refractivity contribution >= 4 is 28.6 Å². The van der Waals surface area contributed by atoms with E-state index in [9.17, 15) is 4.79 Å². The summed E-state index contributed by atoms with van der Waals surface area (Å²) in [6.45, 7) is 2.29. The van der Waals surface area contributed by atoms with Crippen LogP contribution in [0, 0.1) is 0 Å². The van der Waals surface area contributed by atoms with Crippen molar-refractivity contribution in [3.05, 3.63) is 88.6 Å². The number of hydrogen-bond acceptors (Lipinski definition) is 6. The maximum absolute atomic E-state index is 13.6. The number of nitrogen functional groups attached to an aromatic ring is 1. The van der Waals surface area contributed by atoms with Crippen LogP contribution in [0.1, 0.15) is 42.1 Å². The Balaban J connectivity index is 1.29. The minimum absolute atomic E-state index is 0.442. The molecule has 41 heavy (non-hydrogen) atoms. The van der Waals surface area contributed by atoms with Crippen LogP contribution in [0.3, 0.4) is 0 Å². The van der Waals surface area contributed by atoms with Crippen molar-refractivity contribution in [1.82, 2.24) is 14.5 Å². The van der Waals surface area contributed by atoms with Crippen LogP contribution in [0.25, 0.3) is 10.9 Å². The first-order chi connectivity index (χ1) is 19.9. The molecule has 6 rings (SSSR count). The molecule has 1 fully saturated rings. The molecule has 3 heterocycles. The average Bonchev–Trinajstić information content (AvgIpc) is 3.52. The number of nitrogens with two attached hydrogens (primary N) is 1. The summed E-state index contributed by atoms with van der Waals surface area (Å²) in [6, 6.07) is 20.7. The van der Waals surface area contributed by atoms with E-state index in [1.165, 1.54) is 12.8 Å². The topological polar surface area (TPSA) is 82.2 Å². The summed E-state index contributed by atoms with van der Waals surface area (Å²) in [6.07, 6.45) is 3.66. The Morgan fingerprint density at radius 1 is 1.00 bits per heavy atom. The smallest absolute Gasteiger partial charge is 0.416 e. The molecule has 8 nitrogen and oxygen atoms in total. The van der Waals surface area contributed by atoms with E-state index in [0.29, 0.717) is 42.1 Å². The molecule has 0 aliphatic carbocycles. The lowest BCUT2D eigenvalue weighted by molar-refractivity contribution is 0.134. The number of methoxy groups -OCH3 is 1. The van der Waals surface area contributed by atoms with Crippen molar-refractivity contribution < 1.29 is 19.0 Å². The highest BCUT2D eigenvalue weighted by molar-refractivity contribution is 6.31. The zero-order valence-electron chi connectivity index (χ0n) is 23.4. The lowest BCUT2D eigenvalue weighted by Gasteiger charge is -2.36. The first-order valence-corrected chi connectivity index (χ1v) is 14.4. The van der Waals surface area contributed by atoms with Gasteiger partial charge in [-0.25, -0.2) is 4.79 Å². The number of carbonyl (C=O) groups excluding carboxylic acids is 1. The van der Waals surface area contributed by atoms with Crippen LogP contribution in [0.5, 0.6) is 17.2 Å². The molecule has 2 N–H and O–H groups in total. The standard InChI is InChI=1S/C32H35ClN4O4/c1-35-17-3-4-23(35)16-19-40-25-8-5-21(6-9-25)30-31-27(28-20-22(33)7-14-29(28)37(31)34)15-18-36(30)32(38)41-26-12-10-24(39-2)11-13-26/h5-14,20,23,30H,3-4,15-19,34H2,1-2H3. The van der Waals surface area contributed by atoms with Crippen LogP contribution in [-0.4, -0.2) is 60.5 Å². The summed E-state index contributed by atoms with van der Waals surface area (Å²) >= 11 is 6.36. The molecular weight excluding hydrogens is 540 g/mol. The van der Waals surface area contributed by atoms with Crippen molar-refractivity contribution in [2.45, 2.75) is 37.8 Å². The number of rotatable bonds is 7. The van der Waals surface area contributed by atoms with Gasteiger partial charge in [0, 0.05) is 23.0 Å². The van der Waals surface area contributed by atoms with Gasteiger partial charge < -0.3 is 25.0 Å². The second-order valence-corrected chi connectivity index (χ2v) is 11.2. The monoisotopic (exact) mass is 574 g/mol. The molecule has 1 amide bonds. The van der Waals surface area contributed by atoms with Gasteiger partial charge in [0.2, 0.25) is 0 Å². The van der Waals surface area contributed by atoms with Crippen LogP contribution in [-0.2, 0) is 6.42 Å². The van der Waals surface area contributed by atoms with E-state index in [2.05, 4.69) is 11.9 Å². The second kappa shape index (κ2) is 11.5. The molecule has 2 aliphatic rings. The summed E-state index contributed by atoms with van der Waals surface area (Å²) in [5.74, 6) is 8.64. The molecule has 0 radical (unpaired) electrons. The Labute approximate surface area is 245 Å². The van der Waals surface area contributed by atoms with E-state index in [1.807, 2.05) is 42.5 Å². The number of ether oxygens (including phenoxy) is 3. The first-order valence-electron chi connectivity index (χ1n) is 14.1. The number of halogens is 1. The summed E-state index contributed by atoms with van der Waals surface area (Å²) in [7, 11) is 3.78. The number of amides is 1. The van der Waals surface area contributed by atoms with Gasteiger partial charge in [-0.1, -0.05) is 23.7 Å². The number of nitrogens with zero attached hydrogens (tertiary/aromatic N) is 3. The maximum Gasteiger partial charge on any atom is 0.416 e. The summed E-state index contributed by atoms with van der Waals surface area (Å²) < 4.78 is 18.8. The molecule has 2 aliphatic heterocycles. The van der Waals surface area contributed by atoms with E-state index < -0.39 is 12.1 Å². The molecule has 2 atom stereocenters. The summed E-state index contributed by atoms with van der Waals surface area (Å²) in [5, 5.41) is 1.65. The largest absolute Gasteiger partial charge is 0.497 e. The zero-order chi connectivity index (χ0) is 28.5. The number of carbonyl (C=O) groups is 1. The van der Waals surface area contributed by atoms with E-state index >= 15 is 0 Å². The van der Waals surface area contributed by atoms with Crippen molar-refractivity contribution in [1.29, 1.82) is 0 Å². The van der Waals surface area contributed by atoms with Crippen molar-refractivity contribution in [3.63, 3.8) is 0 Å². The van der Waals surface area contributed by atoms with Gasteiger partial charge in [0.05, 0.1) is 24.9 Å². The Morgan fingerprint density at radius 3 is 2.44 bits per heavy atom. The molecule has 0 spiro atoms.